The van der Waals surface area contributed by atoms with Crippen molar-refractivity contribution < 1.29 is 27.8 Å². The molecule has 8 nitrogen and oxygen atoms in total. The highest BCUT2D eigenvalue weighted by Gasteiger charge is 2.32. The van der Waals surface area contributed by atoms with E-state index in [1.54, 1.807) is 36.4 Å². The maximum Gasteiger partial charge on any atom is 0.387 e. The molecule has 0 radical (unpaired) electrons. The molecule has 0 fully saturated rings. The number of amidine groups is 1. The van der Waals surface area contributed by atoms with Gasteiger partial charge >= 0.3 is 6.61 Å². The predicted octanol–water partition coefficient (Wildman–Crippen LogP) is 4.10. The molecule has 3 rings (SSSR count). The molecule has 0 atom stereocenters. The Bertz CT molecular complexity index is 1250. The summed E-state index contributed by atoms with van der Waals surface area (Å²) in [6.45, 7) is -1.54. The van der Waals surface area contributed by atoms with Crippen molar-refractivity contribution >= 4 is 40.4 Å². The number of carbonyl (C=O) groups excluding carboxylic acids is 2. The number of nitrogens with zero attached hydrogens (tertiary/aromatic N) is 3. The smallest absolute Gasteiger partial charge is 0.387 e. The van der Waals surface area contributed by atoms with E-state index in [0.717, 1.165) is 11.8 Å². The van der Waals surface area contributed by atoms with Crippen molar-refractivity contribution in [2.45, 2.75) is 13.5 Å². The molecule has 1 aliphatic rings. The van der Waals surface area contributed by atoms with Crippen LogP contribution in [0.2, 0.25) is 0 Å². The molecule has 180 valence electrons. The maximum atomic E-state index is 13.2. The third-order valence-corrected chi connectivity index (χ3v) is 5.62. The van der Waals surface area contributed by atoms with E-state index in [1.165, 1.54) is 43.2 Å². The summed E-state index contributed by atoms with van der Waals surface area (Å²) in [6, 6.07) is 14.2. The van der Waals surface area contributed by atoms with Gasteiger partial charge in [0.1, 0.15) is 28.8 Å². The monoisotopic (exact) mass is 498 g/mol. The van der Waals surface area contributed by atoms with Gasteiger partial charge in [-0.1, -0.05) is 23.9 Å². The minimum atomic E-state index is -2.99. The Kier molecular flexibility index (Phi) is 8.22. The zero-order chi connectivity index (χ0) is 25.5. The van der Waals surface area contributed by atoms with E-state index in [-0.39, 0.29) is 33.6 Å². The van der Waals surface area contributed by atoms with Crippen molar-refractivity contribution in [3.63, 3.8) is 0 Å². The molecular formula is C24H20F2N4O4S. The molecule has 1 amide bonds. The van der Waals surface area contributed by atoms with Crippen LogP contribution in [-0.2, 0) is 9.59 Å². The first kappa shape index (κ1) is 25.5. The van der Waals surface area contributed by atoms with E-state index in [0.29, 0.717) is 17.0 Å². The summed E-state index contributed by atoms with van der Waals surface area (Å²) in [7, 11) is 1.54. The van der Waals surface area contributed by atoms with Gasteiger partial charge in [-0.15, -0.1) is 0 Å². The predicted molar refractivity (Wildman–Crippen MR) is 129 cm³/mol. The van der Waals surface area contributed by atoms with Crippen molar-refractivity contribution in [3.8, 4) is 17.6 Å². The topological polar surface area (TPSA) is 118 Å². The van der Waals surface area contributed by atoms with Crippen molar-refractivity contribution in [2.75, 3.05) is 17.8 Å². The van der Waals surface area contributed by atoms with E-state index in [2.05, 4.69) is 9.73 Å². The Morgan fingerprint density at radius 3 is 2.37 bits per heavy atom. The van der Waals surface area contributed by atoms with Gasteiger partial charge in [0.2, 0.25) is 0 Å². The zero-order valence-corrected chi connectivity index (χ0v) is 19.5. The number of nitrogens with two attached hydrogens (primary N) is 1. The normalized spacial score (nSPS) is 15.1. The average Bonchev–Trinajstić information content (AvgIpc) is 3.13. The van der Waals surface area contributed by atoms with Crippen LogP contribution in [0.5, 0.6) is 11.5 Å². The fraction of sp³-hybridized carbons (Fsp3) is 0.167. The number of allylic oxidation sites excluding steroid dienone is 2. The SMILES string of the molecule is COc1ccc(C=C2N=C(SCC(=O)C(C#N)=C(C)N)N(c3ccc(OC(F)F)cc3)C2=O)cc1. The van der Waals surface area contributed by atoms with Crippen LogP contribution >= 0.6 is 11.8 Å². The lowest BCUT2D eigenvalue weighted by Gasteiger charge is -2.18. The number of hydrogen-bond acceptors (Lipinski definition) is 8. The lowest BCUT2D eigenvalue weighted by atomic mass is 10.2. The quantitative estimate of drug-likeness (QED) is 0.430. The largest absolute Gasteiger partial charge is 0.497 e. The van der Waals surface area contributed by atoms with Gasteiger partial charge < -0.3 is 15.2 Å². The first-order valence-electron chi connectivity index (χ1n) is 10.1. The molecule has 0 saturated heterocycles. The van der Waals surface area contributed by atoms with E-state index in [1.807, 2.05) is 0 Å². The first-order valence-corrected chi connectivity index (χ1v) is 11.1. The Morgan fingerprint density at radius 2 is 1.83 bits per heavy atom. The van der Waals surface area contributed by atoms with Crippen LogP contribution in [0, 0.1) is 11.3 Å². The number of halogens is 2. The lowest BCUT2D eigenvalue weighted by molar-refractivity contribution is -0.114. The third-order valence-electron chi connectivity index (χ3n) is 4.69. The van der Waals surface area contributed by atoms with Crippen molar-refractivity contribution in [3.05, 3.63) is 71.1 Å². The second-order valence-electron chi connectivity index (χ2n) is 7.09. The maximum absolute atomic E-state index is 13.2. The number of methoxy groups -OCH3 is 1. The molecule has 0 saturated carbocycles. The molecule has 35 heavy (non-hydrogen) atoms. The Labute approximate surface area is 204 Å². The number of carbonyl (C=O) groups is 2. The Hall–Kier alpha value is -4.17. The second kappa shape index (κ2) is 11.3. The number of nitriles is 1. The molecule has 2 N–H and O–H groups in total. The van der Waals surface area contributed by atoms with Gasteiger partial charge in [-0.2, -0.15) is 14.0 Å². The minimum absolute atomic E-state index is 0.0760. The lowest BCUT2D eigenvalue weighted by Crippen LogP contribution is -2.31. The molecule has 0 unspecified atom stereocenters. The van der Waals surface area contributed by atoms with Crippen molar-refractivity contribution in [1.29, 1.82) is 5.26 Å². The van der Waals surface area contributed by atoms with Gasteiger partial charge in [-0.3, -0.25) is 14.5 Å². The fourth-order valence-electron chi connectivity index (χ4n) is 3.03. The molecule has 11 heteroatoms. The van der Waals surface area contributed by atoms with Crippen LogP contribution in [0.15, 0.2) is 70.5 Å². The van der Waals surface area contributed by atoms with Gasteiger partial charge in [0.15, 0.2) is 11.0 Å². The molecule has 0 aliphatic carbocycles. The molecule has 1 heterocycles. The minimum Gasteiger partial charge on any atom is -0.497 e. The number of alkyl halides is 2. The summed E-state index contributed by atoms with van der Waals surface area (Å²) in [4.78, 5) is 31.3. The van der Waals surface area contributed by atoms with E-state index >= 15 is 0 Å². The van der Waals surface area contributed by atoms with Crippen molar-refractivity contribution in [1.82, 2.24) is 0 Å². The van der Waals surface area contributed by atoms with Crippen LogP contribution in [0.3, 0.4) is 0 Å². The summed E-state index contributed by atoms with van der Waals surface area (Å²) in [5, 5.41) is 9.35. The van der Waals surface area contributed by atoms with Crippen LogP contribution in [0.25, 0.3) is 6.08 Å². The number of anilines is 1. The number of Topliss-reactive ketones (excluding diaryl/α,β-unsaturated/α-hetero) is 1. The number of hydrogen-bond donors (Lipinski definition) is 1. The summed E-state index contributed by atoms with van der Waals surface area (Å²) in [5.41, 5.74) is 6.64. The number of ether oxygens (including phenoxy) is 2. The standard InChI is InChI=1S/C24H20F2N4O4S/c1-14(28)19(12-27)21(31)13-35-24-29-20(11-15-3-7-17(33-2)8-4-15)22(32)30(24)16-5-9-18(10-6-16)34-23(25)26/h3-11,23H,13,28H2,1-2H3. The summed E-state index contributed by atoms with van der Waals surface area (Å²) in [6.07, 6.45) is 1.57. The van der Waals surface area contributed by atoms with Crippen LogP contribution < -0.4 is 20.1 Å². The number of rotatable bonds is 8. The van der Waals surface area contributed by atoms with Crippen LogP contribution in [0.1, 0.15) is 12.5 Å². The van der Waals surface area contributed by atoms with E-state index in [4.69, 9.17) is 15.7 Å². The Balaban J connectivity index is 1.93. The molecule has 2 aromatic carbocycles. The average molecular weight is 499 g/mol. The van der Waals surface area contributed by atoms with Gasteiger partial charge in [0.05, 0.1) is 18.6 Å². The molecule has 0 bridgehead atoms. The number of benzene rings is 2. The highest BCUT2D eigenvalue weighted by Crippen LogP contribution is 2.31. The number of thioether (sulfide) groups is 1. The van der Waals surface area contributed by atoms with Gasteiger partial charge in [-0.05, 0) is 55.0 Å². The summed E-state index contributed by atoms with van der Waals surface area (Å²) in [5.74, 6) is -0.617. The molecule has 0 aromatic heterocycles. The Morgan fingerprint density at radius 1 is 1.20 bits per heavy atom. The van der Waals surface area contributed by atoms with Gasteiger partial charge in [0.25, 0.3) is 5.91 Å². The van der Waals surface area contributed by atoms with Gasteiger partial charge in [-0.25, -0.2) is 4.99 Å². The number of aliphatic imine (C=N–C) groups is 1. The molecule has 0 spiro atoms. The zero-order valence-electron chi connectivity index (χ0n) is 18.7. The highest BCUT2D eigenvalue weighted by atomic mass is 32.2. The number of amides is 1. The van der Waals surface area contributed by atoms with Crippen LogP contribution in [-0.4, -0.2) is 36.3 Å². The third kappa shape index (κ3) is 6.24. The number of ketones is 1. The molecule has 2 aromatic rings. The second-order valence-corrected chi connectivity index (χ2v) is 8.03. The summed E-state index contributed by atoms with van der Waals surface area (Å²) >= 11 is 0.948. The van der Waals surface area contributed by atoms with Crippen molar-refractivity contribution in [2.24, 2.45) is 10.7 Å². The van der Waals surface area contributed by atoms with E-state index in [9.17, 15) is 18.4 Å². The molecule has 1 aliphatic heterocycles. The fourth-order valence-corrected chi connectivity index (χ4v) is 3.91. The first-order chi connectivity index (χ1) is 16.7. The van der Waals surface area contributed by atoms with Crippen LogP contribution in [0.4, 0.5) is 14.5 Å². The molecular weight excluding hydrogens is 478 g/mol. The summed E-state index contributed by atoms with van der Waals surface area (Å²) < 4.78 is 34.5. The highest BCUT2D eigenvalue weighted by molar-refractivity contribution is 8.14. The van der Waals surface area contributed by atoms with Gasteiger partial charge in [0, 0.05) is 5.70 Å². The van der Waals surface area contributed by atoms with E-state index < -0.39 is 18.3 Å².